The zero-order valence-electron chi connectivity index (χ0n) is 13.1. The van der Waals surface area contributed by atoms with Crippen LogP contribution >= 0.6 is 24.2 Å². The average molecular weight is 365 g/mol. The first-order valence-electron chi connectivity index (χ1n) is 7.59. The van der Waals surface area contributed by atoms with Gasteiger partial charge in [-0.3, -0.25) is 4.79 Å². The van der Waals surface area contributed by atoms with Gasteiger partial charge in [-0.1, -0.05) is 11.8 Å². The van der Waals surface area contributed by atoms with E-state index in [-0.39, 0.29) is 18.3 Å². The molecule has 1 aromatic carbocycles. The second-order valence-electron chi connectivity index (χ2n) is 5.53. The van der Waals surface area contributed by atoms with Gasteiger partial charge in [0, 0.05) is 23.5 Å². The SMILES string of the molecule is CNCCC1CCN(C(=O)c2ccc(SC(F)F)cc2)CC1.Cl. The number of hydrogen-bond donors (Lipinski definition) is 1. The summed E-state index contributed by atoms with van der Waals surface area (Å²) in [6, 6.07) is 6.45. The van der Waals surface area contributed by atoms with Crippen LogP contribution in [0.3, 0.4) is 0 Å². The maximum absolute atomic E-state index is 12.4. The van der Waals surface area contributed by atoms with E-state index in [0.717, 1.165) is 38.9 Å². The zero-order chi connectivity index (χ0) is 15.9. The zero-order valence-corrected chi connectivity index (χ0v) is 14.8. The highest BCUT2D eigenvalue weighted by Crippen LogP contribution is 2.26. The fourth-order valence-corrected chi connectivity index (χ4v) is 3.23. The Kier molecular flexibility index (Phi) is 8.87. The van der Waals surface area contributed by atoms with Crippen LogP contribution in [0.15, 0.2) is 29.2 Å². The Hall–Kier alpha value is -0.850. The maximum Gasteiger partial charge on any atom is 0.288 e. The van der Waals surface area contributed by atoms with Crippen LogP contribution in [0.1, 0.15) is 29.6 Å². The Morgan fingerprint density at radius 3 is 2.43 bits per heavy atom. The van der Waals surface area contributed by atoms with E-state index < -0.39 is 5.76 Å². The lowest BCUT2D eigenvalue weighted by Crippen LogP contribution is -2.38. The Morgan fingerprint density at radius 2 is 1.91 bits per heavy atom. The van der Waals surface area contributed by atoms with Gasteiger partial charge in [-0.25, -0.2) is 0 Å². The molecule has 1 aliphatic heterocycles. The van der Waals surface area contributed by atoms with E-state index in [4.69, 9.17) is 0 Å². The minimum atomic E-state index is -2.43. The summed E-state index contributed by atoms with van der Waals surface area (Å²) >= 11 is 0.498. The van der Waals surface area contributed by atoms with Crippen molar-refractivity contribution in [3.63, 3.8) is 0 Å². The average Bonchev–Trinajstić information content (AvgIpc) is 2.53. The fourth-order valence-electron chi connectivity index (χ4n) is 2.73. The molecule has 1 amide bonds. The molecule has 1 aromatic rings. The Labute approximate surface area is 146 Å². The molecule has 1 saturated heterocycles. The van der Waals surface area contributed by atoms with Crippen molar-refractivity contribution in [3.05, 3.63) is 29.8 Å². The normalized spacial score (nSPS) is 15.6. The number of carbonyl (C=O) groups is 1. The number of halogens is 3. The van der Waals surface area contributed by atoms with Gasteiger partial charge in [-0.05, 0) is 63.0 Å². The minimum Gasteiger partial charge on any atom is -0.339 e. The van der Waals surface area contributed by atoms with Crippen LogP contribution in [0.2, 0.25) is 0 Å². The molecule has 0 aromatic heterocycles. The maximum atomic E-state index is 12.4. The molecule has 3 nitrogen and oxygen atoms in total. The van der Waals surface area contributed by atoms with E-state index in [1.165, 1.54) is 0 Å². The molecule has 0 spiro atoms. The molecule has 23 heavy (non-hydrogen) atoms. The summed E-state index contributed by atoms with van der Waals surface area (Å²) in [4.78, 5) is 14.8. The number of rotatable bonds is 6. The molecule has 0 saturated carbocycles. The van der Waals surface area contributed by atoms with Crippen molar-refractivity contribution in [1.29, 1.82) is 0 Å². The van der Waals surface area contributed by atoms with Crippen LogP contribution in [0.5, 0.6) is 0 Å². The van der Waals surface area contributed by atoms with Crippen LogP contribution in [0, 0.1) is 5.92 Å². The van der Waals surface area contributed by atoms with Gasteiger partial charge in [0.15, 0.2) is 0 Å². The quantitative estimate of drug-likeness (QED) is 0.777. The van der Waals surface area contributed by atoms with Gasteiger partial charge in [-0.15, -0.1) is 12.4 Å². The van der Waals surface area contributed by atoms with Crippen molar-refractivity contribution in [3.8, 4) is 0 Å². The summed E-state index contributed by atoms with van der Waals surface area (Å²) < 4.78 is 24.6. The standard InChI is InChI=1S/C16H22F2N2OS.ClH/c1-19-9-6-12-7-10-20(11-8-12)15(21)13-2-4-14(5-3-13)22-16(17)18;/h2-5,12,16,19H,6-11H2,1H3;1H. The predicted molar refractivity (Wildman–Crippen MR) is 92.7 cm³/mol. The van der Waals surface area contributed by atoms with Gasteiger partial charge in [0.05, 0.1) is 0 Å². The summed E-state index contributed by atoms with van der Waals surface area (Å²) in [5.74, 6) is -1.75. The Morgan fingerprint density at radius 1 is 1.30 bits per heavy atom. The van der Waals surface area contributed by atoms with Gasteiger partial charge < -0.3 is 10.2 Å². The molecular formula is C16H23ClF2N2OS. The topological polar surface area (TPSA) is 32.3 Å². The van der Waals surface area contributed by atoms with Gasteiger partial charge in [-0.2, -0.15) is 8.78 Å². The summed E-state index contributed by atoms with van der Waals surface area (Å²) in [5, 5.41) is 3.16. The van der Waals surface area contributed by atoms with Gasteiger partial charge in [0.2, 0.25) is 0 Å². The summed E-state index contributed by atoms with van der Waals surface area (Å²) in [6.07, 6.45) is 3.22. The smallest absolute Gasteiger partial charge is 0.288 e. The summed E-state index contributed by atoms with van der Waals surface area (Å²) in [7, 11) is 1.95. The monoisotopic (exact) mass is 364 g/mol. The number of carbonyl (C=O) groups excluding carboxylic acids is 1. The molecule has 0 radical (unpaired) electrons. The second kappa shape index (κ2) is 10.1. The van der Waals surface area contributed by atoms with Crippen molar-refractivity contribution in [2.75, 3.05) is 26.7 Å². The molecule has 130 valence electrons. The second-order valence-corrected chi connectivity index (χ2v) is 6.59. The summed E-state index contributed by atoms with van der Waals surface area (Å²) in [6.45, 7) is 2.57. The van der Waals surface area contributed by atoms with E-state index in [1.54, 1.807) is 24.3 Å². The van der Waals surface area contributed by atoms with Crippen molar-refractivity contribution in [2.24, 2.45) is 5.92 Å². The number of likely N-dealkylation sites (tertiary alicyclic amines) is 1. The van der Waals surface area contributed by atoms with E-state index in [2.05, 4.69) is 5.32 Å². The highest BCUT2D eigenvalue weighted by Gasteiger charge is 2.23. The first-order chi connectivity index (χ1) is 10.6. The molecular weight excluding hydrogens is 342 g/mol. The number of nitrogens with zero attached hydrogens (tertiary/aromatic N) is 1. The lowest BCUT2D eigenvalue weighted by molar-refractivity contribution is 0.0687. The van der Waals surface area contributed by atoms with Gasteiger partial charge in [0.1, 0.15) is 0 Å². The predicted octanol–water partition coefficient (Wildman–Crippen LogP) is 3.88. The van der Waals surface area contributed by atoms with E-state index in [9.17, 15) is 13.6 Å². The van der Waals surface area contributed by atoms with E-state index in [1.807, 2.05) is 11.9 Å². The first kappa shape index (κ1) is 20.2. The number of nitrogens with one attached hydrogen (secondary N) is 1. The van der Waals surface area contributed by atoms with Gasteiger partial charge >= 0.3 is 0 Å². The fraction of sp³-hybridized carbons (Fsp3) is 0.562. The Bertz CT molecular complexity index is 479. The lowest BCUT2D eigenvalue weighted by atomic mass is 9.93. The van der Waals surface area contributed by atoms with Crippen molar-refractivity contribution >= 4 is 30.1 Å². The third-order valence-electron chi connectivity index (χ3n) is 4.03. The minimum absolute atomic E-state index is 0. The molecule has 0 atom stereocenters. The highest BCUT2D eigenvalue weighted by molar-refractivity contribution is 7.99. The van der Waals surface area contributed by atoms with Crippen LogP contribution in [0.4, 0.5) is 8.78 Å². The molecule has 0 bridgehead atoms. The van der Waals surface area contributed by atoms with Crippen molar-refractivity contribution in [2.45, 2.75) is 29.9 Å². The molecule has 2 rings (SSSR count). The van der Waals surface area contributed by atoms with Crippen molar-refractivity contribution < 1.29 is 13.6 Å². The molecule has 1 fully saturated rings. The molecule has 1 aliphatic rings. The molecule has 0 aliphatic carbocycles. The van der Waals surface area contributed by atoms with Crippen LogP contribution in [-0.4, -0.2) is 43.2 Å². The molecule has 1 N–H and O–H groups in total. The van der Waals surface area contributed by atoms with Gasteiger partial charge in [0.25, 0.3) is 11.7 Å². The molecule has 1 heterocycles. The first-order valence-corrected chi connectivity index (χ1v) is 8.47. The molecule has 7 heteroatoms. The van der Waals surface area contributed by atoms with Crippen LogP contribution in [0.25, 0.3) is 0 Å². The van der Waals surface area contributed by atoms with E-state index in [0.29, 0.717) is 28.1 Å². The third kappa shape index (κ3) is 6.28. The lowest BCUT2D eigenvalue weighted by Gasteiger charge is -2.32. The largest absolute Gasteiger partial charge is 0.339 e. The van der Waals surface area contributed by atoms with E-state index >= 15 is 0 Å². The van der Waals surface area contributed by atoms with Crippen LogP contribution < -0.4 is 5.32 Å². The Balaban J connectivity index is 0.00000264. The highest BCUT2D eigenvalue weighted by atomic mass is 35.5. The third-order valence-corrected chi connectivity index (χ3v) is 4.75. The van der Waals surface area contributed by atoms with Crippen LogP contribution in [-0.2, 0) is 0 Å². The number of hydrogen-bond acceptors (Lipinski definition) is 3. The summed E-state index contributed by atoms with van der Waals surface area (Å²) in [5.41, 5.74) is 0.576. The number of alkyl halides is 2. The number of thioether (sulfide) groups is 1. The number of benzene rings is 1. The molecule has 0 unspecified atom stereocenters. The van der Waals surface area contributed by atoms with Crippen molar-refractivity contribution in [1.82, 2.24) is 10.2 Å². The number of piperidine rings is 1. The number of amides is 1.